The predicted molar refractivity (Wildman–Crippen MR) is 130 cm³/mol. The Hall–Kier alpha value is -3.09. The van der Waals surface area contributed by atoms with Crippen molar-refractivity contribution in [1.29, 1.82) is 0 Å². The van der Waals surface area contributed by atoms with Crippen molar-refractivity contribution in [2.24, 2.45) is 10.1 Å². The molecule has 0 radical (unpaired) electrons. The fraction of sp³-hybridized carbons (Fsp3) is 0.462. The Bertz CT molecular complexity index is 1100. The predicted octanol–water partition coefficient (Wildman–Crippen LogP) is 5.60. The number of hydrazone groups is 1. The molecule has 2 fully saturated rings. The highest BCUT2D eigenvalue weighted by Gasteiger charge is 2.32. The molecular formula is C26H32FN5O. The summed E-state index contributed by atoms with van der Waals surface area (Å²) in [6.45, 7) is 7.38. The largest absolute Gasteiger partial charge is 0.309 e. The van der Waals surface area contributed by atoms with Gasteiger partial charge in [0, 0.05) is 17.2 Å². The number of nitrogens with zero attached hydrogens (tertiary/aromatic N) is 4. The van der Waals surface area contributed by atoms with Crippen LogP contribution in [0.15, 0.2) is 51.1 Å². The number of rotatable bonds is 7. The number of pyridine rings is 1. The standard InChI is InChI=1S/C26H32FN5O/c1-5-19(27)14-28-26(16(3)4)30-23(33)15-32-25(18-8-7-9-18)20-12-13-22(17-10-11-17)29-24(20)21(6-2)31-32/h5,12-14,17H,6-11,15H2,1-4H3,(H,30,33)/b19-5+,28-14-. The van der Waals surface area contributed by atoms with Crippen LogP contribution in [0.4, 0.5) is 4.39 Å². The molecule has 2 heterocycles. The third-order valence-corrected chi connectivity index (χ3v) is 6.18. The first-order chi connectivity index (χ1) is 15.9. The lowest BCUT2D eigenvalue weighted by molar-refractivity contribution is -0.120. The minimum absolute atomic E-state index is 0.0601. The highest BCUT2D eigenvalue weighted by atomic mass is 19.1. The molecule has 3 aliphatic rings. The summed E-state index contributed by atoms with van der Waals surface area (Å²) >= 11 is 0. The number of hydrogen-bond donors (Lipinski definition) is 1. The Morgan fingerprint density at radius 1 is 1.30 bits per heavy atom. The molecule has 2 saturated carbocycles. The van der Waals surface area contributed by atoms with E-state index in [1.807, 2.05) is 18.9 Å². The van der Waals surface area contributed by atoms with Crippen LogP contribution >= 0.6 is 0 Å². The second-order valence-electron chi connectivity index (χ2n) is 9.00. The Balaban J connectivity index is 1.61. The van der Waals surface area contributed by atoms with Gasteiger partial charge in [0.15, 0.2) is 0 Å². The van der Waals surface area contributed by atoms with E-state index in [1.165, 1.54) is 24.5 Å². The van der Waals surface area contributed by atoms with E-state index in [0.29, 0.717) is 11.7 Å². The molecule has 33 heavy (non-hydrogen) atoms. The molecule has 7 heteroatoms. The number of amides is 1. The maximum atomic E-state index is 13.5. The summed E-state index contributed by atoms with van der Waals surface area (Å²) in [7, 11) is 0. The number of carbonyl (C=O) groups is 1. The van der Waals surface area contributed by atoms with Crippen LogP contribution < -0.4 is 5.32 Å². The van der Waals surface area contributed by atoms with E-state index in [0.717, 1.165) is 65.8 Å². The number of carbonyl (C=O) groups excluding carboxylic acids is 1. The molecule has 2 aliphatic carbocycles. The number of fused-ring (bicyclic) bond motifs is 1. The topological polar surface area (TPSA) is 70.0 Å². The average Bonchev–Trinajstić information content (AvgIpc) is 3.61. The molecule has 0 atom stereocenters. The first-order valence-corrected chi connectivity index (χ1v) is 11.8. The lowest BCUT2D eigenvalue weighted by Crippen LogP contribution is -2.37. The fourth-order valence-corrected chi connectivity index (χ4v) is 3.98. The van der Waals surface area contributed by atoms with Crippen molar-refractivity contribution in [2.45, 2.75) is 72.1 Å². The molecule has 0 bridgehead atoms. The summed E-state index contributed by atoms with van der Waals surface area (Å²) < 4.78 is 13.5. The molecular weight excluding hydrogens is 417 g/mol. The molecule has 1 N–H and O–H groups in total. The van der Waals surface area contributed by atoms with Gasteiger partial charge in [-0.05, 0) is 82.6 Å². The normalized spacial score (nSPS) is 18.2. The Labute approximate surface area is 195 Å². The molecule has 1 aromatic rings. The highest BCUT2D eigenvalue weighted by Crippen LogP contribution is 2.42. The van der Waals surface area contributed by atoms with Crippen molar-refractivity contribution in [3.63, 3.8) is 0 Å². The lowest BCUT2D eigenvalue weighted by Gasteiger charge is -2.34. The van der Waals surface area contributed by atoms with E-state index in [1.54, 1.807) is 6.92 Å². The van der Waals surface area contributed by atoms with Crippen LogP contribution in [-0.4, -0.2) is 34.4 Å². The summed E-state index contributed by atoms with van der Waals surface area (Å²) in [5.41, 5.74) is 7.21. The number of nitrogens with one attached hydrogen (secondary N) is 1. The molecule has 0 saturated heterocycles. The van der Waals surface area contributed by atoms with Gasteiger partial charge in [0.05, 0.1) is 23.3 Å². The van der Waals surface area contributed by atoms with Gasteiger partial charge in [0.25, 0.3) is 0 Å². The first-order valence-electron chi connectivity index (χ1n) is 11.8. The number of allylic oxidation sites excluding steroid dienone is 4. The molecule has 1 amide bonds. The highest BCUT2D eigenvalue weighted by molar-refractivity contribution is 6.05. The van der Waals surface area contributed by atoms with E-state index in [9.17, 15) is 9.18 Å². The van der Waals surface area contributed by atoms with Crippen molar-refractivity contribution in [3.05, 3.63) is 58.0 Å². The van der Waals surface area contributed by atoms with Gasteiger partial charge in [-0.25, -0.2) is 9.38 Å². The number of aliphatic imine (C=N–C) groups is 1. The summed E-state index contributed by atoms with van der Waals surface area (Å²) in [4.78, 5) is 22.1. The van der Waals surface area contributed by atoms with Crippen LogP contribution in [0.2, 0.25) is 0 Å². The first kappa shape index (κ1) is 23.1. The van der Waals surface area contributed by atoms with Gasteiger partial charge in [0.1, 0.15) is 18.2 Å². The maximum Gasteiger partial charge on any atom is 0.247 e. The average molecular weight is 450 g/mol. The second kappa shape index (κ2) is 9.81. The van der Waals surface area contributed by atoms with E-state index < -0.39 is 5.83 Å². The number of halogens is 1. The monoisotopic (exact) mass is 449 g/mol. The molecule has 0 spiro atoms. The van der Waals surface area contributed by atoms with Crippen molar-refractivity contribution in [2.75, 3.05) is 6.54 Å². The van der Waals surface area contributed by atoms with E-state index in [4.69, 9.17) is 10.1 Å². The summed E-state index contributed by atoms with van der Waals surface area (Å²) in [5.74, 6) is 0.227. The maximum absolute atomic E-state index is 13.5. The van der Waals surface area contributed by atoms with Crippen LogP contribution in [0.3, 0.4) is 0 Å². The third-order valence-electron chi connectivity index (χ3n) is 6.18. The van der Waals surface area contributed by atoms with Gasteiger partial charge < -0.3 is 5.32 Å². The zero-order valence-corrected chi connectivity index (χ0v) is 19.9. The second-order valence-corrected chi connectivity index (χ2v) is 9.00. The van der Waals surface area contributed by atoms with Crippen LogP contribution in [0.25, 0.3) is 5.70 Å². The van der Waals surface area contributed by atoms with Crippen molar-refractivity contribution >= 4 is 23.5 Å². The van der Waals surface area contributed by atoms with Gasteiger partial charge in [-0.2, -0.15) is 5.10 Å². The molecule has 174 valence electrons. The number of hydrogen-bond acceptors (Lipinski definition) is 5. The van der Waals surface area contributed by atoms with E-state index in [2.05, 4.69) is 29.4 Å². The zero-order valence-electron chi connectivity index (χ0n) is 19.9. The summed E-state index contributed by atoms with van der Waals surface area (Å²) in [5, 5.41) is 9.52. The fourth-order valence-electron chi connectivity index (χ4n) is 3.98. The van der Waals surface area contributed by atoms with Crippen molar-refractivity contribution in [3.8, 4) is 0 Å². The molecule has 4 rings (SSSR count). The van der Waals surface area contributed by atoms with Crippen LogP contribution in [0.5, 0.6) is 0 Å². The van der Waals surface area contributed by atoms with Crippen LogP contribution in [0, 0.1) is 0 Å². The summed E-state index contributed by atoms with van der Waals surface area (Å²) in [6.07, 6.45) is 8.76. The van der Waals surface area contributed by atoms with Gasteiger partial charge in [0.2, 0.25) is 5.91 Å². The van der Waals surface area contributed by atoms with Crippen LogP contribution in [0.1, 0.15) is 89.1 Å². The van der Waals surface area contributed by atoms with Gasteiger partial charge in [-0.1, -0.05) is 13.0 Å². The molecule has 0 aromatic carbocycles. The van der Waals surface area contributed by atoms with E-state index >= 15 is 0 Å². The van der Waals surface area contributed by atoms with E-state index in [-0.39, 0.29) is 12.5 Å². The minimum atomic E-state index is -0.456. The van der Waals surface area contributed by atoms with Gasteiger partial charge >= 0.3 is 0 Å². The lowest BCUT2D eigenvalue weighted by atomic mass is 9.86. The number of aromatic nitrogens is 1. The van der Waals surface area contributed by atoms with Crippen LogP contribution in [-0.2, 0) is 4.79 Å². The minimum Gasteiger partial charge on any atom is -0.309 e. The molecule has 1 aliphatic heterocycles. The molecule has 1 aromatic heterocycles. The quantitative estimate of drug-likeness (QED) is 0.551. The Kier molecular flexibility index (Phi) is 6.86. The molecule has 6 nitrogen and oxygen atoms in total. The Morgan fingerprint density at radius 2 is 2.06 bits per heavy atom. The third kappa shape index (κ3) is 5.13. The SMILES string of the molecule is C/C=C(F)\C=N/C(NC(=O)CN1N=C(CC)c2nc(C3CC3)ccc2C1=C1CCC1)=C(C)C. The van der Waals surface area contributed by atoms with Gasteiger partial charge in [-0.15, -0.1) is 0 Å². The summed E-state index contributed by atoms with van der Waals surface area (Å²) in [6, 6.07) is 4.30. The van der Waals surface area contributed by atoms with Crippen molar-refractivity contribution in [1.82, 2.24) is 15.3 Å². The van der Waals surface area contributed by atoms with Gasteiger partial charge in [-0.3, -0.25) is 14.8 Å². The zero-order chi connectivity index (χ0) is 23.5. The van der Waals surface area contributed by atoms with Crippen molar-refractivity contribution < 1.29 is 9.18 Å². The Morgan fingerprint density at radius 3 is 2.64 bits per heavy atom. The molecule has 0 unspecified atom stereocenters. The smallest absolute Gasteiger partial charge is 0.247 e.